The summed E-state index contributed by atoms with van der Waals surface area (Å²) >= 11 is 6.51. The van der Waals surface area contributed by atoms with Crippen molar-refractivity contribution in [3.8, 4) is 0 Å². The summed E-state index contributed by atoms with van der Waals surface area (Å²) in [5, 5.41) is 9.34. The van der Waals surface area contributed by atoms with Crippen LogP contribution >= 0.6 is 24.0 Å². The average molecular weight is 439 g/mol. The average Bonchev–Trinajstić information content (AvgIpc) is 3.02. The maximum Gasteiger partial charge on any atom is 0.266 e. The Bertz CT molecular complexity index is 959. The van der Waals surface area contributed by atoms with E-state index in [1.54, 1.807) is 12.2 Å². The monoisotopic (exact) mass is 438 g/mol. The predicted molar refractivity (Wildman–Crippen MR) is 124 cm³/mol. The number of aliphatic hydroxyl groups is 1. The highest BCUT2D eigenvalue weighted by Gasteiger charge is 2.34. The quantitative estimate of drug-likeness (QED) is 0.505. The molecule has 0 bridgehead atoms. The molecule has 1 saturated heterocycles. The fourth-order valence-corrected chi connectivity index (χ4v) is 4.12. The van der Waals surface area contributed by atoms with Crippen LogP contribution < -0.4 is 0 Å². The Morgan fingerprint density at radius 3 is 2.43 bits per heavy atom. The Morgan fingerprint density at radius 2 is 1.77 bits per heavy atom. The number of hydrogen-bond donors (Lipinski definition) is 1. The summed E-state index contributed by atoms with van der Waals surface area (Å²) in [6.07, 6.45) is 5.42. The normalized spacial score (nSPS) is 15.4. The second-order valence-corrected chi connectivity index (χ2v) is 8.26. The van der Waals surface area contributed by atoms with Crippen LogP contribution in [-0.2, 0) is 16.1 Å². The molecule has 0 aromatic heterocycles. The molecule has 2 aromatic carbocycles. The molecule has 0 aliphatic carbocycles. The van der Waals surface area contributed by atoms with Crippen molar-refractivity contribution in [2.45, 2.75) is 6.54 Å². The predicted octanol–water partition coefficient (Wildman–Crippen LogP) is 3.47. The smallest absolute Gasteiger partial charge is 0.266 e. The molecule has 5 nitrogen and oxygen atoms in total. The molecule has 0 unspecified atom stereocenters. The van der Waals surface area contributed by atoms with Crippen LogP contribution in [0, 0.1) is 0 Å². The van der Waals surface area contributed by atoms with Crippen molar-refractivity contribution in [1.82, 2.24) is 9.80 Å². The number of aliphatic hydroxyl groups excluding tert-OH is 1. The number of allylic oxidation sites excluding steroid dienone is 2. The van der Waals surface area contributed by atoms with Crippen LogP contribution in [0.15, 0.2) is 77.7 Å². The summed E-state index contributed by atoms with van der Waals surface area (Å²) in [6.45, 7) is 0.265. The molecule has 7 heteroatoms. The summed E-state index contributed by atoms with van der Waals surface area (Å²) in [4.78, 5) is 28.9. The summed E-state index contributed by atoms with van der Waals surface area (Å²) in [7, 11) is 0. The van der Waals surface area contributed by atoms with Crippen LogP contribution in [0.5, 0.6) is 0 Å². The third-order valence-electron chi connectivity index (χ3n) is 4.44. The second kappa shape index (κ2) is 10.9. The van der Waals surface area contributed by atoms with E-state index >= 15 is 0 Å². The van der Waals surface area contributed by atoms with E-state index in [2.05, 4.69) is 0 Å². The molecule has 1 N–H and O–H groups in total. The number of thiocarbonyl (C=S) groups is 1. The Hall–Kier alpha value is -2.74. The highest BCUT2D eigenvalue weighted by molar-refractivity contribution is 8.26. The van der Waals surface area contributed by atoms with Crippen LogP contribution in [-0.4, -0.2) is 50.7 Å². The number of thioether (sulfide) groups is 1. The molecule has 2 aromatic rings. The number of hydrogen-bond acceptors (Lipinski definition) is 5. The molecule has 2 amide bonds. The van der Waals surface area contributed by atoms with Crippen LogP contribution in [0.2, 0.25) is 0 Å². The van der Waals surface area contributed by atoms with Gasteiger partial charge in [-0.2, -0.15) is 0 Å². The minimum absolute atomic E-state index is 0.142. The first-order chi connectivity index (χ1) is 14.6. The van der Waals surface area contributed by atoms with E-state index in [1.165, 1.54) is 21.6 Å². The number of rotatable bonds is 8. The van der Waals surface area contributed by atoms with E-state index in [4.69, 9.17) is 12.2 Å². The highest BCUT2D eigenvalue weighted by atomic mass is 32.2. The number of amides is 2. The number of carbonyl (C=O) groups is 2. The molecular formula is C23H22N2O3S2. The summed E-state index contributed by atoms with van der Waals surface area (Å²) in [5.74, 6) is -0.537. The Labute approximate surface area is 185 Å². The van der Waals surface area contributed by atoms with Gasteiger partial charge in [0.2, 0.25) is 5.91 Å². The van der Waals surface area contributed by atoms with Crippen molar-refractivity contribution in [2.75, 3.05) is 19.7 Å². The molecule has 1 aliphatic rings. The zero-order valence-corrected chi connectivity index (χ0v) is 17.9. The van der Waals surface area contributed by atoms with Crippen molar-refractivity contribution in [3.63, 3.8) is 0 Å². The molecule has 30 heavy (non-hydrogen) atoms. The van der Waals surface area contributed by atoms with Crippen molar-refractivity contribution in [1.29, 1.82) is 0 Å². The highest BCUT2D eigenvalue weighted by Crippen LogP contribution is 2.31. The lowest BCUT2D eigenvalue weighted by molar-refractivity contribution is -0.136. The molecule has 154 valence electrons. The van der Waals surface area contributed by atoms with Gasteiger partial charge in [-0.3, -0.25) is 14.5 Å². The molecule has 3 rings (SSSR count). The third kappa shape index (κ3) is 5.89. The number of nitrogens with zero attached hydrogens (tertiary/aromatic N) is 2. The van der Waals surface area contributed by atoms with E-state index in [-0.39, 0.29) is 31.5 Å². The van der Waals surface area contributed by atoms with Gasteiger partial charge in [-0.1, -0.05) is 96.8 Å². The van der Waals surface area contributed by atoms with Crippen LogP contribution in [0.1, 0.15) is 11.1 Å². The molecule has 0 atom stereocenters. The van der Waals surface area contributed by atoms with E-state index in [0.717, 1.165) is 11.1 Å². The van der Waals surface area contributed by atoms with Gasteiger partial charge in [0.05, 0.1) is 11.5 Å². The lowest BCUT2D eigenvalue weighted by Crippen LogP contribution is -2.42. The molecule has 1 aliphatic heterocycles. The van der Waals surface area contributed by atoms with E-state index in [9.17, 15) is 14.7 Å². The minimum atomic E-state index is -0.278. The first-order valence-corrected chi connectivity index (χ1v) is 10.7. The maximum absolute atomic E-state index is 12.8. The van der Waals surface area contributed by atoms with Gasteiger partial charge >= 0.3 is 0 Å². The van der Waals surface area contributed by atoms with Crippen LogP contribution in [0.4, 0.5) is 0 Å². The SMILES string of the molecule is O=C(CN1C(=O)/C(=C/C=C/c2ccccc2)SC1=S)N(CCO)Cc1ccccc1. The molecule has 0 spiro atoms. The van der Waals surface area contributed by atoms with Crippen molar-refractivity contribution in [3.05, 3.63) is 88.8 Å². The van der Waals surface area contributed by atoms with Gasteiger partial charge in [-0.05, 0) is 17.2 Å². The fraction of sp³-hybridized carbons (Fsp3) is 0.174. The van der Waals surface area contributed by atoms with E-state index in [1.807, 2.05) is 66.7 Å². The van der Waals surface area contributed by atoms with Gasteiger partial charge in [-0.25, -0.2) is 0 Å². The molecule has 0 radical (unpaired) electrons. The minimum Gasteiger partial charge on any atom is -0.395 e. The molecular weight excluding hydrogens is 416 g/mol. The Balaban J connectivity index is 1.65. The first-order valence-electron chi connectivity index (χ1n) is 9.48. The van der Waals surface area contributed by atoms with Gasteiger partial charge in [0.25, 0.3) is 5.91 Å². The van der Waals surface area contributed by atoms with Crippen LogP contribution in [0.3, 0.4) is 0 Å². The molecule has 0 saturated carbocycles. The van der Waals surface area contributed by atoms with Crippen LogP contribution in [0.25, 0.3) is 6.08 Å². The zero-order chi connectivity index (χ0) is 21.3. The Kier molecular flexibility index (Phi) is 7.96. The lowest BCUT2D eigenvalue weighted by Gasteiger charge is -2.24. The number of carbonyl (C=O) groups excluding carboxylic acids is 2. The van der Waals surface area contributed by atoms with E-state index in [0.29, 0.717) is 15.8 Å². The van der Waals surface area contributed by atoms with Gasteiger partial charge < -0.3 is 10.0 Å². The first kappa shape index (κ1) is 22.0. The summed E-state index contributed by atoms with van der Waals surface area (Å²) in [5.41, 5.74) is 1.98. The van der Waals surface area contributed by atoms with E-state index < -0.39 is 0 Å². The Morgan fingerprint density at radius 1 is 1.10 bits per heavy atom. The van der Waals surface area contributed by atoms with Crippen molar-refractivity contribution < 1.29 is 14.7 Å². The molecule has 1 fully saturated rings. The second-order valence-electron chi connectivity index (χ2n) is 6.58. The summed E-state index contributed by atoms with van der Waals surface area (Å²) in [6, 6.07) is 19.3. The maximum atomic E-state index is 12.8. The van der Waals surface area contributed by atoms with Crippen molar-refractivity contribution in [2.24, 2.45) is 0 Å². The standard InChI is InChI=1S/C23H22N2O3S2/c26-15-14-24(16-19-10-5-2-6-11-19)21(27)17-25-22(28)20(30-23(25)29)13-7-12-18-8-3-1-4-9-18/h1-13,26H,14-17H2/b12-7+,20-13-. The van der Waals surface area contributed by atoms with Gasteiger partial charge in [0, 0.05) is 13.1 Å². The third-order valence-corrected chi connectivity index (χ3v) is 5.84. The van der Waals surface area contributed by atoms with Gasteiger partial charge in [0.1, 0.15) is 10.9 Å². The zero-order valence-electron chi connectivity index (χ0n) is 16.3. The fourth-order valence-electron chi connectivity index (χ4n) is 2.91. The van der Waals surface area contributed by atoms with Gasteiger partial charge in [0.15, 0.2) is 0 Å². The lowest BCUT2D eigenvalue weighted by atomic mass is 10.2. The number of benzene rings is 2. The van der Waals surface area contributed by atoms with Gasteiger partial charge in [-0.15, -0.1) is 0 Å². The van der Waals surface area contributed by atoms with Crippen molar-refractivity contribution >= 4 is 46.2 Å². The largest absolute Gasteiger partial charge is 0.395 e. The summed E-state index contributed by atoms with van der Waals surface area (Å²) < 4.78 is 0.358. The topological polar surface area (TPSA) is 60.9 Å². The molecule has 1 heterocycles.